The minimum Gasteiger partial charge on any atom is -0.397 e. The van der Waals surface area contributed by atoms with Gasteiger partial charge in [0.25, 0.3) is 0 Å². The summed E-state index contributed by atoms with van der Waals surface area (Å²) in [7, 11) is -3.46. The van der Waals surface area contributed by atoms with E-state index in [1.807, 2.05) is 0 Å². The average molecular weight is 255 g/mol. The maximum atomic E-state index is 12.1. The van der Waals surface area contributed by atoms with E-state index in [1.165, 1.54) is 4.31 Å². The first kappa shape index (κ1) is 12.2. The van der Waals surface area contributed by atoms with Gasteiger partial charge in [-0.05, 0) is 25.0 Å². The Bertz CT molecular complexity index is 481. The fourth-order valence-corrected chi connectivity index (χ4v) is 3.23. The molecular weight excluding hydrogens is 238 g/mol. The van der Waals surface area contributed by atoms with Crippen LogP contribution in [-0.2, 0) is 10.2 Å². The quantitative estimate of drug-likeness (QED) is 0.802. The SMILES string of the molecule is Nc1ccccc1NS(=O)(=O)N1CCCCC1. The fraction of sp³-hybridized carbons (Fsp3) is 0.455. The Morgan fingerprint density at radius 3 is 2.41 bits per heavy atom. The summed E-state index contributed by atoms with van der Waals surface area (Å²) in [6.07, 6.45) is 2.94. The molecule has 0 saturated carbocycles. The van der Waals surface area contributed by atoms with Crippen molar-refractivity contribution in [3.63, 3.8) is 0 Å². The summed E-state index contributed by atoms with van der Waals surface area (Å²) in [6, 6.07) is 6.86. The standard InChI is InChI=1S/C11H17N3O2S/c12-10-6-2-3-7-11(10)13-17(15,16)14-8-4-1-5-9-14/h2-3,6-7,13H,1,4-5,8-9,12H2. The van der Waals surface area contributed by atoms with Gasteiger partial charge in [0, 0.05) is 13.1 Å². The highest BCUT2D eigenvalue weighted by Gasteiger charge is 2.23. The molecule has 1 fully saturated rings. The number of para-hydroxylation sites is 2. The Labute approximate surface area is 102 Å². The first-order valence-corrected chi connectivity index (χ1v) is 7.16. The molecule has 0 radical (unpaired) electrons. The summed E-state index contributed by atoms with van der Waals surface area (Å²) < 4.78 is 28.1. The highest BCUT2D eigenvalue weighted by atomic mass is 32.2. The molecular formula is C11H17N3O2S. The van der Waals surface area contributed by atoms with Gasteiger partial charge in [-0.3, -0.25) is 4.72 Å². The smallest absolute Gasteiger partial charge is 0.301 e. The third kappa shape index (κ3) is 2.89. The van der Waals surface area contributed by atoms with Crippen LogP contribution in [0.1, 0.15) is 19.3 Å². The van der Waals surface area contributed by atoms with E-state index in [0.717, 1.165) is 19.3 Å². The van der Waals surface area contributed by atoms with E-state index in [4.69, 9.17) is 5.73 Å². The third-order valence-electron chi connectivity index (χ3n) is 2.85. The van der Waals surface area contributed by atoms with Crippen molar-refractivity contribution in [3.05, 3.63) is 24.3 Å². The highest BCUT2D eigenvalue weighted by Crippen LogP contribution is 2.21. The lowest BCUT2D eigenvalue weighted by molar-refractivity contribution is 0.349. The molecule has 3 N–H and O–H groups in total. The molecule has 5 nitrogen and oxygen atoms in total. The second-order valence-electron chi connectivity index (χ2n) is 4.15. The summed E-state index contributed by atoms with van der Waals surface area (Å²) in [5.74, 6) is 0. The number of piperidine rings is 1. The summed E-state index contributed by atoms with van der Waals surface area (Å²) in [4.78, 5) is 0. The van der Waals surface area contributed by atoms with Gasteiger partial charge in [-0.15, -0.1) is 0 Å². The first-order valence-electron chi connectivity index (χ1n) is 5.72. The molecule has 0 spiro atoms. The molecule has 0 unspecified atom stereocenters. The van der Waals surface area contributed by atoms with E-state index in [-0.39, 0.29) is 0 Å². The molecule has 0 atom stereocenters. The molecule has 0 bridgehead atoms. The normalized spacial score (nSPS) is 17.9. The third-order valence-corrected chi connectivity index (χ3v) is 4.38. The van der Waals surface area contributed by atoms with Crippen LogP contribution < -0.4 is 10.5 Å². The van der Waals surface area contributed by atoms with Gasteiger partial charge >= 0.3 is 10.2 Å². The number of benzene rings is 1. The van der Waals surface area contributed by atoms with E-state index < -0.39 is 10.2 Å². The number of hydrogen-bond donors (Lipinski definition) is 2. The summed E-state index contributed by atoms with van der Waals surface area (Å²) in [5, 5.41) is 0. The van der Waals surface area contributed by atoms with Crippen LogP contribution in [0.3, 0.4) is 0 Å². The van der Waals surface area contributed by atoms with Crippen molar-refractivity contribution in [1.82, 2.24) is 4.31 Å². The van der Waals surface area contributed by atoms with Crippen LogP contribution >= 0.6 is 0 Å². The summed E-state index contributed by atoms with van der Waals surface area (Å²) >= 11 is 0. The van der Waals surface area contributed by atoms with Gasteiger partial charge in [-0.25, -0.2) is 0 Å². The molecule has 1 aromatic rings. The van der Waals surface area contributed by atoms with Crippen molar-refractivity contribution in [3.8, 4) is 0 Å². The van der Waals surface area contributed by atoms with E-state index >= 15 is 0 Å². The Kier molecular flexibility index (Phi) is 3.54. The van der Waals surface area contributed by atoms with Crippen LogP contribution in [0, 0.1) is 0 Å². The molecule has 1 aliphatic rings. The van der Waals surface area contributed by atoms with Crippen LogP contribution in [-0.4, -0.2) is 25.8 Å². The summed E-state index contributed by atoms with van der Waals surface area (Å²) in [5.41, 5.74) is 6.59. The van der Waals surface area contributed by atoms with Gasteiger partial charge in [-0.1, -0.05) is 18.6 Å². The van der Waals surface area contributed by atoms with Crippen molar-refractivity contribution < 1.29 is 8.42 Å². The van der Waals surface area contributed by atoms with Gasteiger partial charge in [0.1, 0.15) is 0 Å². The first-order chi connectivity index (χ1) is 8.09. The van der Waals surface area contributed by atoms with E-state index in [2.05, 4.69) is 4.72 Å². The Balaban J connectivity index is 2.14. The fourth-order valence-electron chi connectivity index (χ4n) is 1.90. The highest BCUT2D eigenvalue weighted by molar-refractivity contribution is 7.90. The lowest BCUT2D eigenvalue weighted by Gasteiger charge is -2.26. The predicted molar refractivity (Wildman–Crippen MR) is 68.8 cm³/mol. The molecule has 1 aliphatic heterocycles. The lowest BCUT2D eigenvalue weighted by Crippen LogP contribution is -2.39. The van der Waals surface area contributed by atoms with Gasteiger partial charge in [0.05, 0.1) is 11.4 Å². The molecule has 17 heavy (non-hydrogen) atoms. The number of nitrogens with two attached hydrogens (primary N) is 1. The van der Waals surface area contributed by atoms with E-state index in [9.17, 15) is 8.42 Å². The molecule has 0 aliphatic carbocycles. The molecule has 1 heterocycles. The second-order valence-corrected chi connectivity index (χ2v) is 5.82. The Hall–Kier alpha value is -1.27. The topological polar surface area (TPSA) is 75.4 Å². The zero-order chi connectivity index (χ0) is 12.3. The molecule has 1 saturated heterocycles. The van der Waals surface area contributed by atoms with Crippen LogP contribution in [0.5, 0.6) is 0 Å². The zero-order valence-corrected chi connectivity index (χ0v) is 10.4. The molecule has 1 aromatic carbocycles. The van der Waals surface area contributed by atoms with Crippen molar-refractivity contribution >= 4 is 21.6 Å². The number of anilines is 2. The van der Waals surface area contributed by atoms with Crippen LogP contribution in [0.15, 0.2) is 24.3 Å². The molecule has 94 valence electrons. The monoisotopic (exact) mass is 255 g/mol. The molecule has 2 rings (SSSR count). The second kappa shape index (κ2) is 4.93. The van der Waals surface area contributed by atoms with Gasteiger partial charge in [0.15, 0.2) is 0 Å². The molecule has 0 amide bonds. The Morgan fingerprint density at radius 2 is 1.76 bits per heavy atom. The number of nitrogens with zero attached hydrogens (tertiary/aromatic N) is 1. The summed E-state index contributed by atoms with van der Waals surface area (Å²) in [6.45, 7) is 1.17. The van der Waals surface area contributed by atoms with E-state index in [0.29, 0.717) is 24.5 Å². The molecule has 6 heteroatoms. The number of hydrogen-bond acceptors (Lipinski definition) is 3. The van der Waals surface area contributed by atoms with Crippen molar-refractivity contribution in [2.24, 2.45) is 0 Å². The van der Waals surface area contributed by atoms with Crippen molar-refractivity contribution in [2.75, 3.05) is 23.5 Å². The largest absolute Gasteiger partial charge is 0.397 e. The van der Waals surface area contributed by atoms with Crippen molar-refractivity contribution in [1.29, 1.82) is 0 Å². The van der Waals surface area contributed by atoms with Gasteiger partial charge in [0.2, 0.25) is 0 Å². The maximum Gasteiger partial charge on any atom is 0.301 e. The zero-order valence-electron chi connectivity index (χ0n) is 9.59. The van der Waals surface area contributed by atoms with Gasteiger partial charge in [-0.2, -0.15) is 12.7 Å². The van der Waals surface area contributed by atoms with Crippen LogP contribution in [0.2, 0.25) is 0 Å². The number of rotatable bonds is 3. The van der Waals surface area contributed by atoms with Crippen molar-refractivity contribution in [2.45, 2.75) is 19.3 Å². The number of nitrogen functional groups attached to an aromatic ring is 1. The minimum absolute atomic E-state index is 0.438. The minimum atomic E-state index is -3.46. The maximum absolute atomic E-state index is 12.1. The van der Waals surface area contributed by atoms with Gasteiger partial charge < -0.3 is 5.73 Å². The van der Waals surface area contributed by atoms with Crippen LogP contribution in [0.4, 0.5) is 11.4 Å². The predicted octanol–water partition coefficient (Wildman–Crippen LogP) is 1.41. The van der Waals surface area contributed by atoms with E-state index in [1.54, 1.807) is 24.3 Å². The van der Waals surface area contributed by atoms with Crippen LogP contribution in [0.25, 0.3) is 0 Å². The molecule has 0 aromatic heterocycles. The Morgan fingerprint density at radius 1 is 1.12 bits per heavy atom. The average Bonchev–Trinajstić information content (AvgIpc) is 2.33. The lowest BCUT2D eigenvalue weighted by atomic mass is 10.2. The number of nitrogens with one attached hydrogen (secondary N) is 1.